The van der Waals surface area contributed by atoms with Gasteiger partial charge in [-0.1, -0.05) is 31.1 Å². The summed E-state index contributed by atoms with van der Waals surface area (Å²) in [4.78, 5) is 36.2. The highest BCUT2D eigenvalue weighted by atomic mass is 33.1. The second kappa shape index (κ2) is 7.94. The van der Waals surface area contributed by atoms with Crippen LogP contribution in [0.5, 0.6) is 0 Å². The fourth-order valence-corrected chi connectivity index (χ4v) is 2.93. The van der Waals surface area contributed by atoms with Gasteiger partial charge in [-0.25, -0.2) is 0 Å². The summed E-state index contributed by atoms with van der Waals surface area (Å²) in [5, 5.41) is -0.321. The second-order valence-electron chi connectivity index (χ2n) is 5.11. The number of hydrogen-bond donors (Lipinski definition) is 1. The van der Waals surface area contributed by atoms with Crippen molar-refractivity contribution in [1.29, 1.82) is 0 Å². The van der Waals surface area contributed by atoms with E-state index in [0.29, 0.717) is 13.0 Å². The summed E-state index contributed by atoms with van der Waals surface area (Å²) in [6.45, 7) is 4.27. The number of hydrogen-bond acceptors (Lipinski definition) is 5. The Hall–Kier alpha value is -0.490. The zero-order valence-corrected chi connectivity index (χ0v) is 13.1. The number of imide groups is 1. The summed E-state index contributed by atoms with van der Waals surface area (Å²) < 4.78 is 0. The van der Waals surface area contributed by atoms with Crippen molar-refractivity contribution in [3.63, 3.8) is 0 Å². The molecule has 6 heteroatoms. The molecule has 1 fully saturated rings. The Morgan fingerprint density at radius 2 is 2.05 bits per heavy atom. The fourth-order valence-electron chi connectivity index (χ4n) is 2.00. The van der Waals surface area contributed by atoms with Gasteiger partial charge in [0.25, 0.3) is 0 Å². The molecule has 0 aromatic heterocycles. The first-order valence-corrected chi connectivity index (χ1v) is 8.57. The van der Waals surface area contributed by atoms with Gasteiger partial charge in [0.15, 0.2) is 0 Å². The third-order valence-corrected chi connectivity index (χ3v) is 4.66. The number of carbonyl (C=O) groups excluding carboxylic acids is 3. The summed E-state index contributed by atoms with van der Waals surface area (Å²) in [5.41, 5.74) is 0. The Labute approximate surface area is 123 Å². The highest BCUT2D eigenvalue weighted by molar-refractivity contribution is 8.69. The Morgan fingerprint density at radius 1 is 1.37 bits per heavy atom. The van der Waals surface area contributed by atoms with E-state index in [1.165, 1.54) is 4.90 Å². The third-order valence-electron chi connectivity index (χ3n) is 3.28. The molecule has 1 atom stereocenters. The second-order valence-corrected chi connectivity index (χ2v) is 6.53. The Bertz CT molecular complexity index is 358. The normalized spacial score (nSPS) is 19.6. The van der Waals surface area contributed by atoms with E-state index in [9.17, 15) is 14.4 Å². The molecule has 1 aliphatic rings. The van der Waals surface area contributed by atoms with Crippen LogP contribution >= 0.6 is 22.5 Å². The molecule has 108 valence electrons. The maximum absolute atomic E-state index is 11.8. The molecule has 0 aromatic rings. The van der Waals surface area contributed by atoms with Crippen LogP contribution in [-0.2, 0) is 14.4 Å². The molecule has 0 aromatic carbocycles. The Balaban J connectivity index is 2.21. The van der Waals surface area contributed by atoms with Crippen molar-refractivity contribution in [1.82, 2.24) is 4.90 Å². The van der Waals surface area contributed by atoms with E-state index in [2.05, 4.69) is 11.7 Å². The zero-order chi connectivity index (χ0) is 14.4. The van der Waals surface area contributed by atoms with Crippen LogP contribution in [0.1, 0.15) is 46.0 Å². The van der Waals surface area contributed by atoms with Crippen molar-refractivity contribution in [3.05, 3.63) is 0 Å². The molecule has 1 saturated heterocycles. The molecule has 1 heterocycles. The van der Waals surface area contributed by atoms with Crippen molar-refractivity contribution >= 4 is 40.1 Å². The van der Waals surface area contributed by atoms with Crippen LogP contribution in [0.4, 0.5) is 0 Å². The minimum atomic E-state index is -0.321. The van der Waals surface area contributed by atoms with Crippen molar-refractivity contribution in [2.75, 3.05) is 6.54 Å². The summed E-state index contributed by atoms with van der Waals surface area (Å²) in [6.07, 6.45) is 3.33. The van der Waals surface area contributed by atoms with Gasteiger partial charge in [-0.3, -0.25) is 19.3 Å². The minimum Gasteiger partial charge on any atom is -0.299 e. The van der Waals surface area contributed by atoms with Crippen LogP contribution in [0.2, 0.25) is 0 Å². The predicted octanol–water partition coefficient (Wildman–Crippen LogP) is 2.48. The minimum absolute atomic E-state index is 0.0925. The number of nitrogens with zero attached hydrogens (tertiary/aromatic N) is 1. The number of unbranched alkanes of at least 4 members (excludes halogenated alkanes) is 2. The third kappa shape index (κ3) is 4.84. The van der Waals surface area contributed by atoms with Crippen molar-refractivity contribution in [3.8, 4) is 0 Å². The molecule has 0 N–H and O–H groups in total. The van der Waals surface area contributed by atoms with Crippen LogP contribution < -0.4 is 0 Å². The van der Waals surface area contributed by atoms with Crippen molar-refractivity contribution in [2.24, 2.45) is 5.92 Å². The van der Waals surface area contributed by atoms with Gasteiger partial charge in [-0.05, 0) is 12.8 Å². The first-order valence-electron chi connectivity index (χ1n) is 6.64. The first kappa shape index (κ1) is 16.6. The molecule has 1 unspecified atom stereocenters. The molecule has 1 aliphatic heterocycles. The highest BCUT2D eigenvalue weighted by Gasteiger charge is 2.37. The van der Waals surface area contributed by atoms with Crippen LogP contribution in [-0.4, -0.2) is 34.3 Å². The van der Waals surface area contributed by atoms with Gasteiger partial charge in [0.05, 0.1) is 0 Å². The molecule has 4 nitrogen and oxygen atoms in total. The number of Topliss-reactive ketones (excluding diaryl/α,β-unsaturated/α-hetero) is 1. The van der Waals surface area contributed by atoms with E-state index in [4.69, 9.17) is 0 Å². The molecule has 0 spiro atoms. The lowest BCUT2D eigenvalue weighted by Crippen LogP contribution is -2.32. The van der Waals surface area contributed by atoms with E-state index in [1.54, 1.807) is 0 Å². The topological polar surface area (TPSA) is 54.5 Å². The predicted molar refractivity (Wildman–Crippen MR) is 80.0 cm³/mol. The number of carbonyl (C=O) groups is 3. The quantitative estimate of drug-likeness (QED) is 0.324. The lowest BCUT2D eigenvalue weighted by Gasteiger charge is -2.14. The summed E-state index contributed by atoms with van der Waals surface area (Å²) in [7, 11) is 1.14. The highest BCUT2D eigenvalue weighted by Crippen LogP contribution is 2.27. The number of thiol groups is 1. The SMILES string of the molecule is CC(C)C(=O)CCCCCN1C(=O)CC(SS)C1=O. The number of rotatable bonds is 8. The largest absolute Gasteiger partial charge is 0.299 e. The molecule has 19 heavy (non-hydrogen) atoms. The molecule has 1 rings (SSSR count). The summed E-state index contributed by atoms with van der Waals surface area (Å²) in [6, 6.07) is 0. The molecular formula is C13H21NO3S2. The molecule has 0 bridgehead atoms. The molecule has 2 amide bonds. The van der Waals surface area contributed by atoms with Crippen molar-refractivity contribution in [2.45, 2.75) is 51.2 Å². The van der Waals surface area contributed by atoms with Crippen LogP contribution in [0.3, 0.4) is 0 Å². The van der Waals surface area contributed by atoms with E-state index < -0.39 is 0 Å². The lowest BCUT2D eigenvalue weighted by atomic mass is 10.0. The number of amides is 2. The maximum Gasteiger partial charge on any atom is 0.243 e. The van der Waals surface area contributed by atoms with E-state index in [0.717, 1.165) is 30.1 Å². The lowest BCUT2D eigenvalue weighted by molar-refractivity contribution is -0.138. The van der Waals surface area contributed by atoms with E-state index in [1.807, 2.05) is 13.8 Å². The summed E-state index contributed by atoms with van der Waals surface area (Å²) >= 11 is 4.00. The molecular weight excluding hydrogens is 282 g/mol. The summed E-state index contributed by atoms with van der Waals surface area (Å²) in [5.74, 6) is 0.146. The number of ketones is 1. The zero-order valence-electron chi connectivity index (χ0n) is 11.4. The van der Waals surface area contributed by atoms with Gasteiger partial charge in [-0.2, -0.15) is 0 Å². The Kier molecular flexibility index (Phi) is 6.93. The van der Waals surface area contributed by atoms with Crippen LogP contribution in [0.15, 0.2) is 0 Å². The van der Waals surface area contributed by atoms with Crippen LogP contribution in [0.25, 0.3) is 0 Å². The van der Waals surface area contributed by atoms with Crippen molar-refractivity contribution < 1.29 is 14.4 Å². The fraction of sp³-hybridized carbons (Fsp3) is 0.769. The van der Waals surface area contributed by atoms with E-state index in [-0.39, 0.29) is 35.2 Å². The van der Waals surface area contributed by atoms with Gasteiger partial charge < -0.3 is 0 Å². The molecule has 0 saturated carbocycles. The molecule has 0 aliphatic carbocycles. The van der Waals surface area contributed by atoms with Crippen LogP contribution in [0, 0.1) is 5.92 Å². The van der Waals surface area contributed by atoms with Gasteiger partial charge in [0, 0.05) is 25.3 Å². The van der Waals surface area contributed by atoms with Gasteiger partial charge in [0.1, 0.15) is 11.0 Å². The number of likely N-dealkylation sites (tertiary alicyclic amines) is 1. The standard InChI is InChI=1S/C13H21NO3S2/c1-9(2)10(15)6-4-3-5-7-14-12(16)8-11(19-18)13(14)17/h9,11,18H,3-8H2,1-2H3. The maximum atomic E-state index is 11.8. The molecule has 0 radical (unpaired) electrons. The first-order chi connectivity index (χ1) is 8.97. The Morgan fingerprint density at radius 3 is 2.58 bits per heavy atom. The van der Waals surface area contributed by atoms with Gasteiger partial charge >= 0.3 is 0 Å². The van der Waals surface area contributed by atoms with Gasteiger partial charge in [0.2, 0.25) is 11.8 Å². The smallest absolute Gasteiger partial charge is 0.243 e. The average molecular weight is 303 g/mol. The monoisotopic (exact) mass is 303 g/mol. The van der Waals surface area contributed by atoms with Gasteiger partial charge in [-0.15, -0.1) is 11.7 Å². The average Bonchev–Trinajstić information content (AvgIpc) is 2.64. The van der Waals surface area contributed by atoms with E-state index >= 15 is 0 Å².